The predicted molar refractivity (Wildman–Crippen MR) is 162 cm³/mol. The number of H-pyrrole nitrogens is 1. The molecule has 0 saturated carbocycles. The van der Waals surface area contributed by atoms with Crippen LogP contribution < -0.4 is 14.1 Å². The largest absolute Gasteiger partial charge is 0.368 e. The molecule has 1 N–H and O–H groups in total. The van der Waals surface area contributed by atoms with Gasteiger partial charge in [-0.15, -0.1) is 0 Å². The van der Waals surface area contributed by atoms with Crippen molar-refractivity contribution in [1.29, 1.82) is 0 Å². The van der Waals surface area contributed by atoms with E-state index in [0.717, 1.165) is 65.1 Å². The molecule has 3 aromatic carbocycles. The van der Waals surface area contributed by atoms with Gasteiger partial charge in [0, 0.05) is 49.0 Å². The Morgan fingerprint density at radius 1 is 0.875 bits per heavy atom. The minimum atomic E-state index is -3.46. The van der Waals surface area contributed by atoms with E-state index < -0.39 is 10.0 Å². The molecule has 40 heavy (non-hydrogen) atoms. The maximum absolute atomic E-state index is 12.7. The van der Waals surface area contributed by atoms with Crippen LogP contribution in [0.25, 0.3) is 22.0 Å². The SMILES string of the molecule is C.CS(=O)(=O)N(Cc1ccccc1)c1cccc(N2CCN(c3cnnc4ccc(-c5cn[nH]c5)cc34)CC2)c1. The van der Waals surface area contributed by atoms with Crippen molar-refractivity contribution in [3.8, 4) is 11.1 Å². The van der Waals surface area contributed by atoms with Crippen molar-refractivity contribution in [3.63, 3.8) is 0 Å². The normalized spacial score (nSPS) is 13.7. The summed E-state index contributed by atoms with van der Waals surface area (Å²) >= 11 is 0. The number of aromatic amines is 1. The van der Waals surface area contributed by atoms with Crippen LogP contribution in [0.4, 0.5) is 17.1 Å². The van der Waals surface area contributed by atoms with E-state index in [1.165, 1.54) is 10.6 Å². The second-order valence-electron chi connectivity index (χ2n) is 9.70. The molecule has 206 valence electrons. The lowest BCUT2D eigenvalue weighted by atomic mass is 10.1. The number of aromatic nitrogens is 4. The first kappa shape index (κ1) is 27.1. The van der Waals surface area contributed by atoms with Gasteiger partial charge in [-0.1, -0.05) is 49.9 Å². The summed E-state index contributed by atoms with van der Waals surface area (Å²) in [6.45, 7) is 3.50. The van der Waals surface area contributed by atoms with Gasteiger partial charge in [-0.2, -0.15) is 15.3 Å². The summed E-state index contributed by atoms with van der Waals surface area (Å²) in [6.07, 6.45) is 6.79. The summed E-state index contributed by atoms with van der Waals surface area (Å²) < 4.78 is 26.9. The third-order valence-corrected chi connectivity index (χ3v) is 8.26. The maximum Gasteiger partial charge on any atom is 0.232 e. The zero-order valence-corrected chi connectivity index (χ0v) is 22.4. The molecule has 9 nitrogen and oxygen atoms in total. The van der Waals surface area contributed by atoms with Crippen LogP contribution in [0, 0.1) is 0 Å². The maximum atomic E-state index is 12.7. The van der Waals surface area contributed by atoms with Crippen molar-refractivity contribution < 1.29 is 8.42 Å². The van der Waals surface area contributed by atoms with Crippen LogP contribution >= 0.6 is 0 Å². The molecule has 1 aliphatic heterocycles. The molecule has 0 radical (unpaired) electrons. The van der Waals surface area contributed by atoms with Crippen LogP contribution in [-0.4, -0.2) is 61.2 Å². The number of fused-ring (bicyclic) bond motifs is 1. The molecular formula is C30H33N7O2S. The Morgan fingerprint density at radius 2 is 1.65 bits per heavy atom. The molecule has 0 bridgehead atoms. The fourth-order valence-electron chi connectivity index (χ4n) is 5.08. The first-order chi connectivity index (χ1) is 19.0. The molecule has 0 atom stereocenters. The Bertz CT molecular complexity index is 1680. The number of nitrogens with one attached hydrogen (secondary N) is 1. The van der Waals surface area contributed by atoms with E-state index in [1.807, 2.05) is 85.3 Å². The summed E-state index contributed by atoms with van der Waals surface area (Å²) in [5, 5.41) is 16.6. The Hall–Kier alpha value is -4.44. The Balaban J connectivity index is 0.00000323. The number of hydrogen-bond acceptors (Lipinski definition) is 7. The van der Waals surface area contributed by atoms with Gasteiger partial charge in [0.1, 0.15) is 0 Å². The molecule has 0 amide bonds. The van der Waals surface area contributed by atoms with Crippen LogP contribution in [-0.2, 0) is 16.6 Å². The number of nitrogens with zero attached hydrogens (tertiary/aromatic N) is 6. The second kappa shape index (κ2) is 11.4. The van der Waals surface area contributed by atoms with Gasteiger partial charge in [-0.3, -0.25) is 9.40 Å². The van der Waals surface area contributed by atoms with Crippen molar-refractivity contribution in [2.24, 2.45) is 0 Å². The fraction of sp³-hybridized carbons (Fsp3) is 0.233. The van der Waals surface area contributed by atoms with Crippen molar-refractivity contribution in [2.75, 3.05) is 46.5 Å². The second-order valence-corrected chi connectivity index (χ2v) is 11.6. The van der Waals surface area contributed by atoms with E-state index in [-0.39, 0.29) is 7.43 Å². The monoisotopic (exact) mass is 555 g/mol. The smallest absolute Gasteiger partial charge is 0.232 e. The van der Waals surface area contributed by atoms with Crippen LogP contribution in [0.5, 0.6) is 0 Å². The highest BCUT2D eigenvalue weighted by molar-refractivity contribution is 7.92. The summed E-state index contributed by atoms with van der Waals surface area (Å²) in [7, 11) is -3.46. The standard InChI is InChI=1S/C29H29N7O2S.CH4/c1-39(37,38)36(21-22-6-3-2-4-7-22)26-9-5-8-25(17-26)34-12-14-35(15-13-34)29-20-32-33-28-11-10-23(16-27(28)29)24-18-30-31-19-24;/h2-11,16-20H,12-15,21H2,1H3,(H,30,31);1H4. The lowest BCUT2D eigenvalue weighted by Crippen LogP contribution is -2.46. The molecule has 5 aromatic rings. The average molecular weight is 556 g/mol. The van der Waals surface area contributed by atoms with Crippen molar-refractivity contribution in [2.45, 2.75) is 14.0 Å². The van der Waals surface area contributed by atoms with E-state index in [0.29, 0.717) is 12.2 Å². The minimum absolute atomic E-state index is 0. The van der Waals surface area contributed by atoms with Gasteiger partial charge in [-0.05, 0) is 41.5 Å². The highest BCUT2D eigenvalue weighted by Crippen LogP contribution is 2.31. The predicted octanol–water partition coefficient (Wildman–Crippen LogP) is 4.95. The molecule has 3 heterocycles. The third-order valence-electron chi connectivity index (χ3n) is 7.12. The Kier molecular flexibility index (Phi) is 7.70. The quantitative estimate of drug-likeness (QED) is 0.303. The van der Waals surface area contributed by atoms with E-state index >= 15 is 0 Å². The van der Waals surface area contributed by atoms with E-state index in [2.05, 4.69) is 36.3 Å². The molecule has 2 aromatic heterocycles. The molecule has 0 spiro atoms. The van der Waals surface area contributed by atoms with E-state index in [1.54, 1.807) is 0 Å². The summed E-state index contributed by atoms with van der Waals surface area (Å²) in [4.78, 5) is 4.64. The van der Waals surface area contributed by atoms with Crippen molar-refractivity contribution in [3.05, 3.63) is 97.0 Å². The number of sulfonamides is 1. The number of piperazine rings is 1. The van der Waals surface area contributed by atoms with Crippen LogP contribution in [0.1, 0.15) is 13.0 Å². The van der Waals surface area contributed by atoms with Gasteiger partial charge >= 0.3 is 0 Å². The molecule has 1 saturated heterocycles. The molecule has 0 aliphatic carbocycles. The zero-order chi connectivity index (χ0) is 26.8. The summed E-state index contributed by atoms with van der Waals surface area (Å²) in [6, 6.07) is 23.6. The Morgan fingerprint density at radius 3 is 2.38 bits per heavy atom. The lowest BCUT2D eigenvalue weighted by molar-refractivity contribution is 0.596. The third kappa shape index (κ3) is 5.62. The molecular weight excluding hydrogens is 522 g/mol. The van der Waals surface area contributed by atoms with E-state index in [4.69, 9.17) is 0 Å². The number of rotatable bonds is 7. The van der Waals surface area contributed by atoms with Gasteiger partial charge < -0.3 is 9.80 Å². The van der Waals surface area contributed by atoms with Crippen LogP contribution in [0.2, 0.25) is 0 Å². The van der Waals surface area contributed by atoms with Gasteiger partial charge in [0.15, 0.2) is 0 Å². The van der Waals surface area contributed by atoms with Gasteiger partial charge in [0.05, 0.1) is 42.1 Å². The summed E-state index contributed by atoms with van der Waals surface area (Å²) in [5.41, 5.74) is 6.63. The highest BCUT2D eigenvalue weighted by atomic mass is 32.2. The van der Waals surface area contributed by atoms with Crippen LogP contribution in [0.15, 0.2) is 91.4 Å². The first-order valence-electron chi connectivity index (χ1n) is 12.8. The van der Waals surface area contributed by atoms with Gasteiger partial charge in [0.2, 0.25) is 10.0 Å². The molecule has 1 fully saturated rings. The molecule has 6 rings (SSSR count). The number of anilines is 3. The highest BCUT2D eigenvalue weighted by Gasteiger charge is 2.22. The number of hydrogen-bond donors (Lipinski definition) is 1. The lowest BCUT2D eigenvalue weighted by Gasteiger charge is -2.38. The Labute approximate surface area is 235 Å². The zero-order valence-electron chi connectivity index (χ0n) is 21.6. The molecule has 1 aliphatic rings. The van der Waals surface area contributed by atoms with Gasteiger partial charge in [-0.25, -0.2) is 8.42 Å². The average Bonchev–Trinajstić information content (AvgIpc) is 3.51. The van der Waals surface area contributed by atoms with E-state index in [9.17, 15) is 8.42 Å². The van der Waals surface area contributed by atoms with Crippen molar-refractivity contribution in [1.82, 2.24) is 20.4 Å². The van der Waals surface area contributed by atoms with Gasteiger partial charge in [0.25, 0.3) is 0 Å². The van der Waals surface area contributed by atoms with Crippen molar-refractivity contribution >= 4 is 38.0 Å². The molecule has 10 heteroatoms. The summed E-state index contributed by atoms with van der Waals surface area (Å²) in [5.74, 6) is 0. The topological polar surface area (TPSA) is 98.3 Å². The number of benzene rings is 3. The van der Waals surface area contributed by atoms with Crippen LogP contribution in [0.3, 0.4) is 0 Å². The fourth-order valence-corrected chi connectivity index (χ4v) is 5.96. The first-order valence-corrected chi connectivity index (χ1v) is 14.7. The minimum Gasteiger partial charge on any atom is -0.368 e. The molecule has 0 unspecified atom stereocenters.